The first-order valence-electron chi connectivity index (χ1n) is 5.71. The van der Waals surface area contributed by atoms with Crippen LogP contribution < -0.4 is 11.1 Å². The Hall–Kier alpha value is -1.10. The summed E-state index contributed by atoms with van der Waals surface area (Å²) in [5, 5.41) is 3.14. The van der Waals surface area contributed by atoms with Gasteiger partial charge in [-0.3, -0.25) is 9.59 Å². The number of nitrogens with two attached hydrogens (primary N) is 1. The van der Waals surface area contributed by atoms with Crippen LogP contribution in [0.25, 0.3) is 0 Å². The minimum Gasteiger partial charge on any atom is -0.370 e. The number of likely N-dealkylation sites (N-methyl/N-ethyl adjacent to an activating group) is 1. The van der Waals surface area contributed by atoms with Crippen LogP contribution in [0.1, 0.15) is 33.6 Å². The smallest absolute Gasteiger partial charge is 0.240 e. The van der Waals surface area contributed by atoms with Crippen molar-refractivity contribution in [3.05, 3.63) is 0 Å². The van der Waals surface area contributed by atoms with Crippen molar-refractivity contribution in [3.8, 4) is 0 Å². The molecule has 5 nitrogen and oxygen atoms in total. The van der Waals surface area contributed by atoms with Crippen molar-refractivity contribution < 1.29 is 9.59 Å². The molecule has 1 rings (SSSR count). The van der Waals surface area contributed by atoms with Crippen LogP contribution in [-0.2, 0) is 9.59 Å². The van der Waals surface area contributed by atoms with E-state index in [1.165, 1.54) is 0 Å². The fourth-order valence-electron chi connectivity index (χ4n) is 2.24. The van der Waals surface area contributed by atoms with Gasteiger partial charge >= 0.3 is 0 Å². The standard InChI is InChI=1S/C11H21N3O2/c1-4-13-8-5-6-14(10(8)16)11(2,3)7-9(12)15/h8,13H,4-7H2,1-3H3,(H2,12,15). The van der Waals surface area contributed by atoms with Gasteiger partial charge in [0.05, 0.1) is 6.04 Å². The Balaban J connectivity index is 2.68. The molecule has 0 spiro atoms. The Bertz CT molecular complexity index is 289. The van der Waals surface area contributed by atoms with Gasteiger partial charge in [0, 0.05) is 18.5 Å². The van der Waals surface area contributed by atoms with Crippen LogP contribution in [0.2, 0.25) is 0 Å². The van der Waals surface area contributed by atoms with Gasteiger partial charge in [-0.1, -0.05) is 6.92 Å². The molecule has 0 aromatic rings. The van der Waals surface area contributed by atoms with Crippen LogP contribution in [0, 0.1) is 0 Å². The minimum absolute atomic E-state index is 0.0769. The summed E-state index contributed by atoms with van der Waals surface area (Å²) in [6, 6.07) is -0.0999. The molecule has 1 saturated heterocycles. The maximum Gasteiger partial charge on any atom is 0.240 e. The predicted octanol–water partition coefficient (Wildman–Crippen LogP) is -0.149. The number of hydrogen-bond acceptors (Lipinski definition) is 3. The third-order valence-corrected chi connectivity index (χ3v) is 2.99. The van der Waals surface area contributed by atoms with Gasteiger partial charge in [-0.05, 0) is 26.8 Å². The van der Waals surface area contributed by atoms with E-state index in [1.54, 1.807) is 4.90 Å². The van der Waals surface area contributed by atoms with Crippen molar-refractivity contribution in [2.75, 3.05) is 13.1 Å². The number of hydrogen-bond donors (Lipinski definition) is 2. The van der Waals surface area contributed by atoms with Gasteiger partial charge in [-0.2, -0.15) is 0 Å². The summed E-state index contributed by atoms with van der Waals surface area (Å²) >= 11 is 0. The molecule has 1 fully saturated rings. The van der Waals surface area contributed by atoms with Gasteiger partial charge in [0.1, 0.15) is 0 Å². The summed E-state index contributed by atoms with van der Waals surface area (Å²) in [5.41, 5.74) is 4.71. The van der Waals surface area contributed by atoms with Crippen molar-refractivity contribution in [2.24, 2.45) is 5.73 Å². The zero-order valence-electron chi connectivity index (χ0n) is 10.2. The van der Waals surface area contributed by atoms with E-state index in [2.05, 4.69) is 5.32 Å². The molecule has 0 aliphatic carbocycles. The highest BCUT2D eigenvalue weighted by Crippen LogP contribution is 2.25. The van der Waals surface area contributed by atoms with E-state index in [1.807, 2.05) is 20.8 Å². The molecule has 1 aliphatic rings. The number of primary amides is 1. The predicted molar refractivity (Wildman–Crippen MR) is 61.7 cm³/mol. The Kier molecular flexibility index (Phi) is 3.91. The average molecular weight is 227 g/mol. The number of rotatable bonds is 5. The Morgan fingerprint density at radius 3 is 2.75 bits per heavy atom. The van der Waals surface area contributed by atoms with Crippen LogP contribution in [0.3, 0.4) is 0 Å². The van der Waals surface area contributed by atoms with Crippen LogP contribution in [-0.4, -0.2) is 41.4 Å². The molecule has 92 valence electrons. The molecule has 1 aliphatic heterocycles. The largest absolute Gasteiger partial charge is 0.370 e. The second kappa shape index (κ2) is 4.82. The quantitative estimate of drug-likeness (QED) is 0.686. The molecule has 0 aromatic heterocycles. The van der Waals surface area contributed by atoms with Gasteiger partial charge in [-0.15, -0.1) is 0 Å². The summed E-state index contributed by atoms with van der Waals surface area (Å²) in [4.78, 5) is 24.7. The molecule has 2 amide bonds. The van der Waals surface area contributed by atoms with Crippen LogP contribution in [0.15, 0.2) is 0 Å². The highest BCUT2D eigenvalue weighted by Gasteiger charge is 2.40. The molecular weight excluding hydrogens is 206 g/mol. The number of nitrogens with zero attached hydrogens (tertiary/aromatic N) is 1. The summed E-state index contributed by atoms with van der Waals surface area (Å²) in [5.74, 6) is -0.294. The molecule has 1 unspecified atom stereocenters. The molecule has 0 saturated carbocycles. The topological polar surface area (TPSA) is 75.4 Å². The van der Waals surface area contributed by atoms with Crippen LogP contribution in [0.4, 0.5) is 0 Å². The fraction of sp³-hybridized carbons (Fsp3) is 0.818. The van der Waals surface area contributed by atoms with E-state index < -0.39 is 5.54 Å². The number of carbonyl (C=O) groups is 2. The van der Waals surface area contributed by atoms with Gasteiger partial charge < -0.3 is 16.0 Å². The van der Waals surface area contributed by atoms with Crippen LogP contribution in [0.5, 0.6) is 0 Å². The van der Waals surface area contributed by atoms with Gasteiger partial charge in [-0.25, -0.2) is 0 Å². The summed E-state index contributed by atoms with van der Waals surface area (Å²) in [7, 11) is 0. The van der Waals surface area contributed by atoms with Crippen molar-refractivity contribution in [1.29, 1.82) is 0 Å². The maximum absolute atomic E-state index is 12.0. The summed E-state index contributed by atoms with van der Waals surface area (Å²) < 4.78 is 0. The van der Waals surface area contributed by atoms with Crippen molar-refractivity contribution >= 4 is 11.8 Å². The number of nitrogens with one attached hydrogen (secondary N) is 1. The van der Waals surface area contributed by atoms with E-state index in [9.17, 15) is 9.59 Å². The SMILES string of the molecule is CCNC1CCN(C(C)(C)CC(N)=O)C1=O. The molecule has 16 heavy (non-hydrogen) atoms. The highest BCUT2D eigenvalue weighted by atomic mass is 16.2. The molecular formula is C11H21N3O2. The summed E-state index contributed by atoms with van der Waals surface area (Å²) in [6.45, 7) is 7.20. The Morgan fingerprint density at radius 1 is 1.62 bits per heavy atom. The minimum atomic E-state index is -0.479. The van der Waals surface area contributed by atoms with E-state index in [0.717, 1.165) is 13.0 Å². The van der Waals surface area contributed by atoms with Gasteiger partial charge in [0.15, 0.2) is 0 Å². The lowest BCUT2D eigenvalue weighted by molar-refractivity contribution is -0.135. The van der Waals surface area contributed by atoms with E-state index in [-0.39, 0.29) is 24.3 Å². The van der Waals surface area contributed by atoms with Crippen molar-refractivity contribution in [1.82, 2.24) is 10.2 Å². The Morgan fingerprint density at radius 2 is 2.25 bits per heavy atom. The first-order chi connectivity index (χ1) is 7.38. The molecule has 3 N–H and O–H groups in total. The van der Waals surface area contributed by atoms with E-state index in [4.69, 9.17) is 5.73 Å². The molecule has 0 bridgehead atoms. The molecule has 0 aromatic carbocycles. The average Bonchev–Trinajstić information content (AvgIpc) is 2.47. The lowest BCUT2D eigenvalue weighted by Crippen LogP contribution is -2.50. The lowest BCUT2D eigenvalue weighted by Gasteiger charge is -2.34. The third-order valence-electron chi connectivity index (χ3n) is 2.99. The number of carbonyl (C=O) groups excluding carboxylic acids is 2. The third kappa shape index (κ3) is 2.72. The zero-order chi connectivity index (χ0) is 12.3. The molecule has 0 radical (unpaired) electrons. The van der Waals surface area contributed by atoms with Gasteiger partial charge in [0.25, 0.3) is 0 Å². The van der Waals surface area contributed by atoms with E-state index >= 15 is 0 Å². The molecule has 1 atom stereocenters. The molecule has 1 heterocycles. The second-order valence-electron chi connectivity index (χ2n) is 4.84. The maximum atomic E-state index is 12.0. The van der Waals surface area contributed by atoms with Crippen molar-refractivity contribution in [3.63, 3.8) is 0 Å². The summed E-state index contributed by atoms with van der Waals surface area (Å²) in [6.07, 6.45) is 1.01. The first-order valence-corrected chi connectivity index (χ1v) is 5.71. The highest BCUT2D eigenvalue weighted by molar-refractivity contribution is 5.85. The monoisotopic (exact) mass is 227 g/mol. The zero-order valence-corrected chi connectivity index (χ0v) is 10.2. The fourth-order valence-corrected chi connectivity index (χ4v) is 2.24. The molecule has 5 heteroatoms. The van der Waals surface area contributed by atoms with Crippen LogP contribution >= 0.6 is 0 Å². The Labute approximate surface area is 96.4 Å². The first kappa shape index (κ1) is 13.0. The second-order valence-corrected chi connectivity index (χ2v) is 4.84. The normalized spacial score (nSPS) is 21.6. The van der Waals surface area contributed by atoms with Crippen molar-refractivity contribution in [2.45, 2.75) is 45.2 Å². The number of likely N-dealkylation sites (tertiary alicyclic amines) is 1. The van der Waals surface area contributed by atoms with Gasteiger partial charge in [0.2, 0.25) is 11.8 Å². The number of amides is 2. The lowest BCUT2D eigenvalue weighted by atomic mass is 9.98. The van der Waals surface area contributed by atoms with E-state index in [0.29, 0.717) is 6.54 Å².